The number of rotatable bonds is 1. The number of aliphatic hydroxyl groups is 2. The molecule has 0 aromatic heterocycles. The monoisotopic (exact) mass is 529 g/mol. The molecule has 0 amide bonds. The van der Waals surface area contributed by atoms with Gasteiger partial charge >= 0.3 is 56.7 Å². The van der Waals surface area contributed by atoms with Gasteiger partial charge in [0.25, 0.3) is 0 Å². The Morgan fingerprint density at radius 1 is 0.952 bits per heavy atom. The standard InChI is InChI=1S/C7H8.C2H6O2.C2H6O.5ClH.Pd.Ti/c1-2-7-4-3-6(1)5-7;3-1-2-4;1-3-2;;;;;;;/h1-4,6-7H,5H2;3-4H,1-2H2;1-2H3;5*1H;;/q;;;;;;;;+2;+3/p-5. The second kappa shape index (κ2) is 33.7. The molecule has 21 heavy (non-hydrogen) atoms. The molecule has 2 bridgehead atoms. The van der Waals surface area contributed by atoms with E-state index >= 15 is 0 Å². The van der Waals surface area contributed by atoms with Gasteiger partial charge in [-0.3, -0.25) is 0 Å². The molecule has 0 aliphatic heterocycles. The van der Waals surface area contributed by atoms with Gasteiger partial charge in [-0.25, -0.2) is 0 Å². The van der Waals surface area contributed by atoms with Gasteiger partial charge in [-0.1, -0.05) is 24.3 Å². The fraction of sp³-hybridized carbons (Fsp3) is 0.636. The number of methoxy groups -OCH3 is 1. The predicted octanol–water partition coefficient (Wildman–Crippen LogP) is -6.63. The molecular weight excluding hydrogens is 512 g/mol. The van der Waals surface area contributed by atoms with Crippen LogP contribution in [-0.4, -0.2) is 37.6 Å². The van der Waals surface area contributed by atoms with Gasteiger partial charge < -0.3 is 52.2 Å². The molecule has 3 nitrogen and oxygen atoms in total. The maximum Gasteiger partial charge on any atom is 3.00 e. The average molecular weight is 532 g/mol. The number of hydrogen-bond acceptors (Lipinski definition) is 3. The van der Waals surface area contributed by atoms with E-state index < -0.39 is 0 Å². The Labute approximate surface area is 177 Å². The average Bonchev–Trinajstić information content (AvgIpc) is 2.96. The Balaban J connectivity index is -0.0000000364. The first-order valence-electron chi connectivity index (χ1n) is 5.00. The third-order valence-corrected chi connectivity index (χ3v) is 1.86. The minimum atomic E-state index is -0.125. The predicted molar refractivity (Wildman–Crippen MR) is 68.7 cm³/mol. The number of halogens is 5. The van der Waals surface area contributed by atoms with Gasteiger partial charge in [0, 0.05) is 14.2 Å². The Morgan fingerprint density at radius 2 is 1.14 bits per heavy atom. The van der Waals surface area contributed by atoms with Crippen molar-refractivity contribution in [3.8, 4) is 0 Å². The second-order valence-electron chi connectivity index (χ2n) is 3.23. The van der Waals surface area contributed by atoms with Gasteiger partial charge in [0.2, 0.25) is 0 Å². The van der Waals surface area contributed by atoms with E-state index in [1.165, 1.54) is 6.42 Å². The molecule has 2 N–H and O–H groups in total. The van der Waals surface area contributed by atoms with Crippen LogP contribution in [0.3, 0.4) is 0 Å². The van der Waals surface area contributed by atoms with E-state index in [1.54, 1.807) is 14.2 Å². The maximum atomic E-state index is 7.62. The summed E-state index contributed by atoms with van der Waals surface area (Å²) in [6.07, 6.45) is 10.5. The Morgan fingerprint density at radius 3 is 1.19 bits per heavy atom. The van der Waals surface area contributed by atoms with E-state index in [0.717, 1.165) is 11.8 Å². The minimum Gasteiger partial charge on any atom is 3.00 e. The normalized spacial score (nSPS) is 17.8. The van der Waals surface area contributed by atoms with Gasteiger partial charge in [0.05, 0.1) is 13.2 Å². The first-order valence-corrected chi connectivity index (χ1v) is 9.01. The number of ether oxygens (including phenoxy) is 1. The van der Waals surface area contributed by atoms with Crippen LogP contribution < -0.4 is 37.2 Å². The van der Waals surface area contributed by atoms with E-state index in [9.17, 15) is 0 Å². The van der Waals surface area contributed by atoms with Gasteiger partial charge in [-0.2, -0.15) is 0 Å². The number of fused-ring (bicyclic) bond motifs is 2. The fourth-order valence-electron chi connectivity index (χ4n) is 1.33. The van der Waals surface area contributed by atoms with Crippen LogP contribution in [0.15, 0.2) is 24.3 Å². The van der Waals surface area contributed by atoms with Crippen molar-refractivity contribution in [1.82, 2.24) is 0 Å². The number of hydrogen-bond donors (Lipinski definition) is 2. The van der Waals surface area contributed by atoms with Gasteiger partial charge in [0.15, 0.2) is 0 Å². The van der Waals surface area contributed by atoms with Crippen LogP contribution >= 0.6 is 19.1 Å². The van der Waals surface area contributed by atoms with E-state index in [1.807, 2.05) is 0 Å². The summed E-state index contributed by atoms with van der Waals surface area (Å²) >= 11 is -0.106. The van der Waals surface area contributed by atoms with Crippen molar-refractivity contribution in [3.63, 3.8) is 0 Å². The molecule has 0 saturated heterocycles. The molecule has 0 spiro atoms. The molecule has 0 saturated carbocycles. The molecule has 2 aliphatic carbocycles. The smallest absolute Gasteiger partial charge is 3.00 e. The first-order chi connectivity index (χ1) is 8.19. The molecule has 131 valence electrons. The molecule has 0 atom stereocenters. The van der Waals surface area contributed by atoms with Crippen LogP contribution in [0.2, 0.25) is 0 Å². The van der Waals surface area contributed by atoms with Crippen LogP contribution in [-0.2, 0) is 42.4 Å². The van der Waals surface area contributed by atoms with Crippen molar-refractivity contribution in [2.24, 2.45) is 11.8 Å². The van der Waals surface area contributed by atoms with Crippen molar-refractivity contribution in [1.29, 1.82) is 0 Å². The summed E-state index contributed by atoms with van der Waals surface area (Å²) in [4.78, 5) is 0. The quantitative estimate of drug-likeness (QED) is 0.261. The zero-order chi connectivity index (χ0) is 13.5. The van der Waals surface area contributed by atoms with Crippen LogP contribution in [0.1, 0.15) is 6.42 Å². The van der Waals surface area contributed by atoms with Crippen LogP contribution in [0.4, 0.5) is 0 Å². The first kappa shape index (κ1) is 38.6. The number of allylic oxidation sites excluding steroid dienone is 4. The van der Waals surface area contributed by atoms with Crippen LogP contribution in [0, 0.1) is 11.8 Å². The summed E-state index contributed by atoms with van der Waals surface area (Å²) in [5.74, 6) is 1.62. The molecular formula is C11H20Cl5O3PdTi. The molecule has 0 aromatic rings. The summed E-state index contributed by atoms with van der Waals surface area (Å²) < 4.78 is 4.25. The van der Waals surface area contributed by atoms with Gasteiger partial charge in [-0.15, -0.1) is 0 Å². The molecule has 0 heterocycles. The number of aliphatic hydroxyl groups excluding tert-OH is 2. The molecule has 10 heteroatoms. The van der Waals surface area contributed by atoms with E-state index in [2.05, 4.69) is 29.0 Å². The van der Waals surface area contributed by atoms with Crippen molar-refractivity contribution >= 4 is 19.1 Å². The van der Waals surface area contributed by atoms with Gasteiger partial charge in [0.1, 0.15) is 0 Å². The molecule has 1 radical (unpaired) electrons. The van der Waals surface area contributed by atoms with Crippen LogP contribution in [0.5, 0.6) is 0 Å². The van der Waals surface area contributed by atoms with Crippen molar-refractivity contribution in [3.05, 3.63) is 24.3 Å². The summed E-state index contributed by atoms with van der Waals surface area (Å²) in [7, 11) is 12.9. The fourth-order valence-corrected chi connectivity index (χ4v) is 1.33. The molecule has 0 fully saturated rings. The Kier molecular flexibility index (Phi) is 62.0. The topological polar surface area (TPSA) is 49.7 Å². The largest absolute Gasteiger partial charge is 3.00 e. The van der Waals surface area contributed by atoms with E-state index in [0.29, 0.717) is 0 Å². The van der Waals surface area contributed by atoms with Crippen LogP contribution in [0.25, 0.3) is 0 Å². The van der Waals surface area contributed by atoms with Crippen molar-refractivity contribution in [2.45, 2.75) is 6.42 Å². The molecule has 2 rings (SSSR count). The molecule has 0 aromatic carbocycles. The maximum absolute atomic E-state index is 7.62. The summed E-state index contributed by atoms with van der Waals surface area (Å²) in [6, 6.07) is 0. The van der Waals surface area contributed by atoms with Crippen molar-refractivity contribution < 1.29 is 89.8 Å². The third-order valence-electron chi connectivity index (χ3n) is 1.86. The zero-order valence-corrected chi connectivity index (χ0v) is 18.5. The van der Waals surface area contributed by atoms with E-state index in [4.69, 9.17) is 29.3 Å². The second-order valence-corrected chi connectivity index (χ2v) is 5.59. The molecule has 2 aliphatic rings. The minimum absolute atomic E-state index is 0. The third kappa shape index (κ3) is 30.6. The van der Waals surface area contributed by atoms with Crippen molar-refractivity contribution in [2.75, 3.05) is 27.4 Å². The summed E-state index contributed by atoms with van der Waals surface area (Å²) in [6.45, 7) is -0.250. The Bertz CT molecular complexity index is 182. The summed E-state index contributed by atoms with van der Waals surface area (Å²) in [5.41, 5.74) is 0. The zero-order valence-electron chi connectivity index (χ0n) is 11.6. The van der Waals surface area contributed by atoms with Gasteiger partial charge in [-0.05, 0) is 18.3 Å². The summed E-state index contributed by atoms with van der Waals surface area (Å²) in [5, 5.41) is 15.2. The Hall–Kier alpha value is 2.19. The molecule has 0 unspecified atom stereocenters. The van der Waals surface area contributed by atoms with E-state index in [-0.39, 0.29) is 88.1 Å². The SMILES string of the molecule is C1=CC2C=CC1C2.COC.OCCO.[Cl-].[Cl-].[Cl-].[Cl][Pd][Cl].[Ti+3].